The second-order valence-electron chi connectivity index (χ2n) is 5.44. The SMILES string of the molecule is COc1ccc2c(c1)CCC(OCC1CC1)C2N. The maximum absolute atomic E-state index is 6.32. The molecule has 3 rings (SSSR count). The molecule has 98 valence electrons. The Bertz CT molecular complexity index is 429. The highest BCUT2D eigenvalue weighted by Gasteiger charge is 2.30. The molecule has 1 saturated carbocycles. The molecular formula is C15H21NO2. The molecule has 0 aliphatic heterocycles. The van der Waals surface area contributed by atoms with Crippen LogP contribution in [0.25, 0.3) is 0 Å². The standard InChI is InChI=1S/C15H21NO2/c1-17-12-5-6-13-11(8-12)4-7-14(15(13)16)18-9-10-2-3-10/h5-6,8,10,14-15H,2-4,7,9,16H2,1H3. The molecule has 1 aromatic carbocycles. The molecular weight excluding hydrogens is 226 g/mol. The number of benzene rings is 1. The molecule has 2 unspecified atom stereocenters. The maximum atomic E-state index is 6.32. The van der Waals surface area contributed by atoms with E-state index in [1.54, 1.807) is 7.11 Å². The number of hydrogen-bond donors (Lipinski definition) is 1. The number of aryl methyl sites for hydroxylation is 1. The van der Waals surface area contributed by atoms with Gasteiger partial charge in [0.1, 0.15) is 5.75 Å². The fraction of sp³-hybridized carbons (Fsp3) is 0.600. The molecule has 0 bridgehead atoms. The van der Waals surface area contributed by atoms with Crippen LogP contribution in [-0.2, 0) is 11.2 Å². The molecule has 3 heteroatoms. The minimum absolute atomic E-state index is 0.0124. The van der Waals surface area contributed by atoms with E-state index in [0.717, 1.165) is 31.1 Å². The van der Waals surface area contributed by atoms with Crippen LogP contribution in [0.2, 0.25) is 0 Å². The van der Waals surface area contributed by atoms with Gasteiger partial charge in [0, 0.05) is 6.61 Å². The van der Waals surface area contributed by atoms with E-state index in [4.69, 9.17) is 15.2 Å². The summed E-state index contributed by atoms with van der Waals surface area (Å²) in [5, 5.41) is 0. The van der Waals surface area contributed by atoms with E-state index < -0.39 is 0 Å². The molecule has 3 nitrogen and oxygen atoms in total. The number of nitrogens with two attached hydrogens (primary N) is 1. The number of rotatable bonds is 4. The summed E-state index contributed by atoms with van der Waals surface area (Å²) in [7, 11) is 1.70. The number of ether oxygens (including phenoxy) is 2. The van der Waals surface area contributed by atoms with Gasteiger partial charge in [-0.2, -0.15) is 0 Å². The van der Waals surface area contributed by atoms with E-state index in [2.05, 4.69) is 12.1 Å². The Labute approximate surface area is 108 Å². The molecule has 2 N–H and O–H groups in total. The summed E-state index contributed by atoms with van der Waals surface area (Å²) in [6, 6.07) is 6.19. The third-order valence-electron chi connectivity index (χ3n) is 4.05. The first-order valence-corrected chi connectivity index (χ1v) is 6.82. The highest BCUT2D eigenvalue weighted by atomic mass is 16.5. The number of methoxy groups -OCH3 is 1. The first kappa shape index (κ1) is 12.0. The summed E-state index contributed by atoms with van der Waals surface area (Å²) in [4.78, 5) is 0. The van der Waals surface area contributed by atoms with Gasteiger partial charge in [0.15, 0.2) is 0 Å². The minimum atomic E-state index is 0.0124. The quantitative estimate of drug-likeness (QED) is 0.888. The van der Waals surface area contributed by atoms with Crippen molar-refractivity contribution in [3.63, 3.8) is 0 Å². The lowest BCUT2D eigenvalue weighted by atomic mass is 9.86. The third-order valence-corrected chi connectivity index (χ3v) is 4.05. The van der Waals surface area contributed by atoms with E-state index in [9.17, 15) is 0 Å². The molecule has 0 aromatic heterocycles. The highest BCUT2D eigenvalue weighted by molar-refractivity contribution is 5.39. The van der Waals surface area contributed by atoms with Gasteiger partial charge in [-0.25, -0.2) is 0 Å². The van der Waals surface area contributed by atoms with Crippen molar-refractivity contribution in [2.45, 2.75) is 37.8 Å². The predicted octanol–water partition coefficient (Wildman–Crippen LogP) is 2.44. The molecule has 0 amide bonds. The molecule has 2 aliphatic rings. The molecule has 2 aliphatic carbocycles. The van der Waals surface area contributed by atoms with Gasteiger partial charge < -0.3 is 15.2 Å². The first-order chi connectivity index (χ1) is 8.78. The van der Waals surface area contributed by atoms with E-state index in [0.29, 0.717) is 0 Å². The second kappa shape index (κ2) is 4.90. The van der Waals surface area contributed by atoms with Crippen LogP contribution in [0.1, 0.15) is 36.4 Å². The largest absolute Gasteiger partial charge is 0.497 e. The minimum Gasteiger partial charge on any atom is -0.497 e. The second-order valence-corrected chi connectivity index (χ2v) is 5.44. The van der Waals surface area contributed by atoms with E-state index in [1.165, 1.54) is 24.0 Å². The average molecular weight is 247 g/mol. The Kier molecular flexibility index (Phi) is 3.27. The van der Waals surface area contributed by atoms with Crippen molar-refractivity contribution in [2.24, 2.45) is 11.7 Å². The van der Waals surface area contributed by atoms with Crippen LogP contribution >= 0.6 is 0 Å². The number of fused-ring (bicyclic) bond motifs is 1. The van der Waals surface area contributed by atoms with Crippen LogP contribution in [0.3, 0.4) is 0 Å². The average Bonchev–Trinajstić information content (AvgIpc) is 3.21. The zero-order valence-corrected chi connectivity index (χ0v) is 10.9. The monoisotopic (exact) mass is 247 g/mol. The van der Waals surface area contributed by atoms with Crippen LogP contribution in [0.5, 0.6) is 5.75 Å². The Morgan fingerprint density at radius 2 is 2.11 bits per heavy atom. The van der Waals surface area contributed by atoms with Gasteiger partial charge in [-0.3, -0.25) is 0 Å². The van der Waals surface area contributed by atoms with Crippen LogP contribution < -0.4 is 10.5 Å². The molecule has 18 heavy (non-hydrogen) atoms. The molecule has 0 saturated heterocycles. The van der Waals surface area contributed by atoms with Crippen molar-refractivity contribution in [3.8, 4) is 5.75 Å². The van der Waals surface area contributed by atoms with Gasteiger partial charge in [0.25, 0.3) is 0 Å². The molecule has 1 fully saturated rings. The fourth-order valence-electron chi connectivity index (χ4n) is 2.66. The Hall–Kier alpha value is -1.06. The highest BCUT2D eigenvalue weighted by Crippen LogP contribution is 2.35. The lowest BCUT2D eigenvalue weighted by Gasteiger charge is -2.31. The Morgan fingerprint density at radius 3 is 2.83 bits per heavy atom. The van der Waals surface area contributed by atoms with Gasteiger partial charge in [-0.15, -0.1) is 0 Å². The summed E-state index contributed by atoms with van der Waals surface area (Å²) in [6.07, 6.45) is 4.90. The molecule has 0 radical (unpaired) electrons. The van der Waals surface area contributed by atoms with Gasteiger partial charge in [0.05, 0.1) is 19.3 Å². The predicted molar refractivity (Wildman–Crippen MR) is 70.7 cm³/mol. The Balaban J connectivity index is 1.71. The van der Waals surface area contributed by atoms with E-state index in [1.807, 2.05) is 6.07 Å². The molecule has 1 aromatic rings. The van der Waals surface area contributed by atoms with Gasteiger partial charge in [-0.05, 0) is 54.9 Å². The zero-order chi connectivity index (χ0) is 12.5. The van der Waals surface area contributed by atoms with Crippen LogP contribution in [0, 0.1) is 5.92 Å². The topological polar surface area (TPSA) is 44.5 Å². The third kappa shape index (κ3) is 2.38. The van der Waals surface area contributed by atoms with Crippen molar-refractivity contribution in [1.29, 1.82) is 0 Å². The van der Waals surface area contributed by atoms with Gasteiger partial charge in [0.2, 0.25) is 0 Å². The summed E-state index contributed by atoms with van der Waals surface area (Å²) in [5.74, 6) is 1.72. The smallest absolute Gasteiger partial charge is 0.119 e. The lowest BCUT2D eigenvalue weighted by Crippen LogP contribution is -2.34. The number of hydrogen-bond acceptors (Lipinski definition) is 3. The van der Waals surface area contributed by atoms with E-state index >= 15 is 0 Å². The normalized spacial score (nSPS) is 26.8. The van der Waals surface area contributed by atoms with Crippen molar-refractivity contribution < 1.29 is 9.47 Å². The summed E-state index contributed by atoms with van der Waals surface area (Å²) < 4.78 is 11.2. The van der Waals surface area contributed by atoms with Crippen LogP contribution in [0.15, 0.2) is 18.2 Å². The molecule has 0 heterocycles. The lowest BCUT2D eigenvalue weighted by molar-refractivity contribution is 0.0189. The first-order valence-electron chi connectivity index (χ1n) is 6.82. The fourth-order valence-corrected chi connectivity index (χ4v) is 2.66. The zero-order valence-electron chi connectivity index (χ0n) is 10.9. The van der Waals surface area contributed by atoms with Crippen LogP contribution in [0.4, 0.5) is 0 Å². The molecule has 0 spiro atoms. The van der Waals surface area contributed by atoms with Crippen molar-refractivity contribution in [3.05, 3.63) is 29.3 Å². The molecule has 2 atom stereocenters. The van der Waals surface area contributed by atoms with Gasteiger partial charge >= 0.3 is 0 Å². The van der Waals surface area contributed by atoms with Crippen LogP contribution in [-0.4, -0.2) is 19.8 Å². The van der Waals surface area contributed by atoms with Gasteiger partial charge in [-0.1, -0.05) is 6.07 Å². The van der Waals surface area contributed by atoms with Crippen molar-refractivity contribution in [1.82, 2.24) is 0 Å². The maximum Gasteiger partial charge on any atom is 0.119 e. The summed E-state index contributed by atoms with van der Waals surface area (Å²) in [5.41, 5.74) is 8.86. The summed E-state index contributed by atoms with van der Waals surface area (Å²) >= 11 is 0. The Morgan fingerprint density at radius 1 is 1.28 bits per heavy atom. The van der Waals surface area contributed by atoms with E-state index in [-0.39, 0.29) is 12.1 Å². The summed E-state index contributed by atoms with van der Waals surface area (Å²) in [6.45, 7) is 0.893. The van der Waals surface area contributed by atoms with Crippen molar-refractivity contribution in [2.75, 3.05) is 13.7 Å². The van der Waals surface area contributed by atoms with Crippen molar-refractivity contribution >= 4 is 0 Å².